The summed E-state index contributed by atoms with van der Waals surface area (Å²) in [6, 6.07) is 3.94. The summed E-state index contributed by atoms with van der Waals surface area (Å²) in [6.45, 7) is 2.59. The predicted molar refractivity (Wildman–Crippen MR) is 112 cm³/mol. The first-order valence-electron chi connectivity index (χ1n) is 8.79. The number of fused-ring (bicyclic) bond motifs is 3. The van der Waals surface area contributed by atoms with Gasteiger partial charge in [0.2, 0.25) is 0 Å². The first kappa shape index (κ1) is 16.9. The van der Waals surface area contributed by atoms with E-state index in [0.29, 0.717) is 12.4 Å². The second-order valence-electron chi connectivity index (χ2n) is 6.62. The summed E-state index contributed by atoms with van der Waals surface area (Å²) in [5.74, 6) is 1.36. The third kappa shape index (κ3) is 2.34. The van der Waals surface area contributed by atoms with Crippen LogP contribution in [0.3, 0.4) is 0 Å². The Morgan fingerprint density at radius 1 is 1.29 bits per heavy atom. The number of allylic oxidation sites excluding steroid dienone is 1. The molecule has 0 atom stereocenters. The fraction of sp³-hybridized carbons (Fsp3) is 0.200. The molecule has 28 heavy (non-hydrogen) atoms. The van der Waals surface area contributed by atoms with Gasteiger partial charge in [-0.3, -0.25) is 14.5 Å². The molecule has 1 aromatic carbocycles. The molecule has 0 aliphatic carbocycles. The first-order chi connectivity index (χ1) is 13.6. The second-order valence-corrected chi connectivity index (χ2v) is 7.68. The van der Waals surface area contributed by atoms with E-state index in [1.165, 1.54) is 11.3 Å². The van der Waals surface area contributed by atoms with Crippen LogP contribution in [-0.2, 0) is 7.05 Å². The number of aryl methyl sites for hydroxylation is 2. The van der Waals surface area contributed by atoms with Crippen LogP contribution in [0.2, 0.25) is 0 Å². The lowest BCUT2D eigenvalue weighted by Gasteiger charge is -2.11. The summed E-state index contributed by atoms with van der Waals surface area (Å²) < 4.78 is 8.87. The minimum atomic E-state index is -0.145. The van der Waals surface area contributed by atoms with Crippen LogP contribution in [0, 0.1) is 6.92 Å². The van der Waals surface area contributed by atoms with Crippen LogP contribution < -0.4 is 10.4 Å². The van der Waals surface area contributed by atoms with Gasteiger partial charge in [-0.25, -0.2) is 14.3 Å². The van der Waals surface area contributed by atoms with E-state index < -0.39 is 0 Å². The fourth-order valence-electron chi connectivity index (χ4n) is 3.62. The van der Waals surface area contributed by atoms with E-state index in [1.54, 1.807) is 29.5 Å². The third-order valence-corrected chi connectivity index (χ3v) is 5.76. The SMILES string of the molecule is COc1cc2ncc3c(c2cc1C1=CCN=C1)n(-c1csc(C)n1)c(=O)n3C. The van der Waals surface area contributed by atoms with Crippen molar-refractivity contribution in [1.82, 2.24) is 19.1 Å². The first-order valence-corrected chi connectivity index (χ1v) is 9.67. The summed E-state index contributed by atoms with van der Waals surface area (Å²) in [4.78, 5) is 26.4. The Labute approximate surface area is 164 Å². The maximum absolute atomic E-state index is 13.0. The Kier molecular flexibility index (Phi) is 3.70. The molecule has 4 aromatic rings. The van der Waals surface area contributed by atoms with Gasteiger partial charge in [0.25, 0.3) is 0 Å². The monoisotopic (exact) mass is 391 g/mol. The van der Waals surface area contributed by atoms with Gasteiger partial charge in [0.05, 0.1) is 41.4 Å². The van der Waals surface area contributed by atoms with Crippen molar-refractivity contribution in [2.75, 3.05) is 13.7 Å². The van der Waals surface area contributed by atoms with E-state index in [0.717, 1.165) is 43.8 Å². The summed E-state index contributed by atoms with van der Waals surface area (Å²) in [6.07, 6.45) is 5.63. The van der Waals surface area contributed by atoms with Crippen molar-refractivity contribution in [3.05, 3.63) is 50.8 Å². The van der Waals surface area contributed by atoms with Gasteiger partial charge in [-0.05, 0) is 13.0 Å². The second kappa shape index (κ2) is 6.13. The number of aliphatic imine (C=N–C) groups is 1. The largest absolute Gasteiger partial charge is 0.496 e. The number of methoxy groups -OCH3 is 1. The highest BCUT2D eigenvalue weighted by molar-refractivity contribution is 7.09. The van der Waals surface area contributed by atoms with Crippen LogP contribution in [0.25, 0.3) is 33.3 Å². The van der Waals surface area contributed by atoms with Gasteiger partial charge < -0.3 is 4.74 Å². The number of hydrogen-bond acceptors (Lipinski definition) is 6. The summed E-state index contributed by atoms with van der Waals surface area (Å²) in [7, 11) is 3.40. The number of benzene rings is 1. The predicted octanol–water partition coefficient (Wildman–Crippen LogP) is 3.12. The standard InChI is InChI=1S/C20H17N5O2S/c1-11-23-18(10-28-11)25-19-14-6-13(12-4-5-21-8-12)17(27-3)7-15(14)22-9-16(19)24(2)20(25)26/h4,6-10H,5H2,1-3H3. The lowest BCUT2D eigenvalue weighted by Crippen LogP contribution is -2.21. The van der Waals surface area contributed by atoms with E-state index in [4.69, 9.17) is 4.74 Å². The highest BCUT2D eigenvalue weighted by Crippen LogP contribution is 2.34. The molecular weight excluding hydrogens is 374 g/mol. The zero-order chi connectivity index (χ0) is 19.4. The quantitative estimate of drug-likeness (QED) is 0.538. The number of pyridine rings is 1. The molecule has 7 nitrogen and oxygen atoms in total. The van der Waals surface area contributed by atoms with Crippen molar-refractivity contribution >= 4 is 45.1 Å². The van der Waals surface area contributed by atoms with Gasteiger partial charge in [-0.2, -0.15) is 0 Å². The Hall–Kier alpha value is -3.26. The average Bonchev–Trinajstić information content (AvgIpc) is 3.42. The highest BCUT2D eigenvalue weighted by Gasteiger charge is 2.20. The molecule has 3 aromatic heterocycles. The van der Waals surface area contributed by atoms with Gasteiger partial charge in [0.15, 0.2) is 5.82 Å². The van der Waals surface area contributed by atoms with Crippen molar-refractivity contribution in [2.45, 2.75) is 6.92 Å². The van der Waals surface area contributed by atoms with E-state index in [9.17, 15) is 4.79 Å². The van der Waals surface area contributed by atoms with Crippen LogP contribution in [0.4, 0.5) is 0 Å². The molecule has 0 radical (unpaired) electrons. The minimum Gasteiger partial charge on any atom is -0.496 e. The van der Waals surface area contributed by atoms with Gasteiger partial charge in [-0.15, -0.1) is 11.3 Å². The molecule has 0 bridgehead atoms. The molecule has 8 heteroatoms. The van der Waals surface area contributed by atoms with E-state index in [2.05, 4.69) is 21.0 Å². The molecular formula is C20H17N5O2S. The van der Waals surface area contributed by atoms with Gasteiger partial charge in [0.1, 0.15) is 5.75 Å². The number of ether oxygens (including phenoxy) is 1. The average molecular weight is 391 g/mol. The Morgan fingerprint density at radius 3 is 2.82 bits per heavy atom. The molecule has 0 N–H and O–H groups in total. The van der Waals surface area contributed by atoms with Crippen molar-refractivity contribution in [1.29, 1.82) is 0 Å². The van der Waals surface area contributed by atoms with E-state index in [-0.39, 0.29) is 5.69 Å². The maximum Gasteiger partial charge on any atom is 0.334 e. The molecule has 0 spiro atoms. The lowest BCUT2D eigenvalue weighted by molar-refractivity contribution is 0.414. The zero-order valence-electron chi connectivity index (χ0n) is 15.6. The number of imidazole rings is 1. The van der Waals surface area contributed by atoms with Crippen LogP contribution in [0.5, 0.6) is 5.75 Å². The number of nitrogens with zero attached hydrogens (tertiary/aromatic N) is 5. The number of hydrogen-bond donors (Lipinski definition) is 0. The van der Waals surface area contributed by atoms with Crippen LogP contribution in [0.1, 0.15) is 10.6 Å². The molecule has 0 amide bonds. The molecule has 5 rings (SSSR count). The zero-order valence-corrected chi connectivity index (χ0v) is 16.4. The topological polar surface area (TPSA) is 74.3 Å². The van der Waals surface area contributed by atoms with E-state index >= 15 is 0 Å². The number of aromatic nitrogens is 4. The number of thiazole rings is 1. The molecule has 0 saturated heterocycles. The van der Waals surface area contributed by atoms with Crippen LogP contribution in [0.15, 0.2) is 39.6 Å². The molecule has 140 valence electrons. The molecule has 0 fully saturated rings. The summed E-state index contributed by atoms with van der Waals surface area (Å²) in [5.41, 5.74) is 4.10. The molecule has 0 unspecified atom stereocenters. The van der Waals surface area contributed by atoms with Gasteiger partial charge in [0, 0.05) is 41.2 Å². The molecule has 1 aliphatic heterocycles. The van der Waals surface area contributed by atoms with E-state index in [1.807, 2.05) is 30.7 Å². The summed E-state index contributed by atoms with van der Waals surface area (Å²) in [5, 5.41) is 3.68. The van der Waals surface area contributed by atoms with Crippen LogP contribution >= 0.6 is 11.3 Å². The highest BCUT2D eigenvalue weighted by atomic mass is 32.1. The van der Waals surface area contributed by atoms with Crippen molar-refractivity contribution in [3.63, 3.8) is 0 Å². The lowest BCUT2D eigenvalue weighted by atomic mass is 10.0. The van der Waals surface area contributed by atoms with Crippen molar-refractivity contribution in [2.24, 2.45) is 12.0 Å². The molecule has 1 aliphatic rings. The Balaban J connectivity index is 1.93. The summed E-state index contributed by atoms with van der Waals surface area (Å²) >= 11 is 1.52. The van der Waals surface area contributed by atoms with Gasteiger partial charge in [-0.1, -0.05) is 6.08 Å². The smallest absolute Gasteiger partial charge is 0.334 e. The third-order valence-electron chi connectivity index (χ3n) is 5.00. The van der Waals surface area contributed by atoms with Gasteiger partial charge >= 0.3 is 5.69 Å². The molecule has 4 heterocycles. The molecule has 0 saturated carbocycles. The fourth-order valence-corrected chi connectivity index (χ4v) is 4.20. The normalized spacial score (nSPS) is 13.6. The van der Waals surface area contributed by atoms with Crippen LogP contribution in [-0.4, -0.2) is 39.0 Å². The Bertz CT molecular complexity index is 1370. The van der Waals surface area contributed by atoms with Crippen molar-refractivity contribution < 1.29 is 4.74 Å². The van der Waals surface area contributed by atoms with Crippen molar-refractivity contribution in [3.8, 4) is 11.6 Å². The minimum absolute atomic E-state index is 0.145. The maximum atomic E-state index is 13.0. The number of rotatable bonds is 3. The Morgan fingerprint density at radius 2 is 2.14 bits per heavy atom.